The molecule has 0 atom stereocenters. The normalized spacial score (nSPS) is 17.8. The van der Waals surface area contributed by atoms with Gasteiger partial charge in [0.05, 0.1) is 5.02 Å². The third-order valence-corrected chi connectivity index (χ3v) is 6.02. The topological polar surface area (TPSA) is 106 Å². The SMILES string of the molecule is NC(=O)CC1CCN(S(=O)(=O)c2cc(N)ccc2Cl)CC1. The van der Waals surface area contributed by atoms with Crippen LogP contribution in [-0.4, -0.2) is 31.7 Å². The molecular formula is C13H18ClN3O3S. The zero-order chi connectivity index (χ0) is 15.6. The number of sulfonamides is 1. The summed E-state index contributed by atoms with van der Waals surface area (Å²) >= 11 is 5.97. The van der Waals surface area contributed by atoms with Crippen LogP contribution in [0.2, 0.25) is 5.02 Å². The molecule has 0 saturated carbocycles. The Kier molecular flexibility index (Phi) is 4.75. The van der Waals surface area contributed by atoms with E-state index >= 15 is 0 Å². The molecule has 1 fully saturated rings. The van der Waals surface area contributed by atoms with E-state index in [1.54, 1.807) is 6.07 Å². The Labute approximate surface area is 129 Å². The van der Waals surface area contributed by atoms with Gasteiger partial charge in [-0.2, -0.15) is 4.31 Å². The number of benzene rings is 1. The number of nitrogens with zero attached hydrogens (tertiary/aromatic N) is 1. The minimum absolute atomic E-state index is 0.0255. The van der Waals surface area contributed by atoms with Crippen LogP contribution in [0, 0.1) is 5.92 Å². The van der Waals surface area contributed by atoms with Crippen molar-refractivity contribution in [3.05, 3.63) is 23.2 Å². The zero-order valence-corrected chi connectivity index (χ0v) is 13.0. The molecule has 1 heterocycles. The van der Waals surface area contributed by atoms with Crippen LogP contribution in [0.25, 0.3) is 0 Å². The minimum Gasteiger partial charge on any atom is -0.399 e. The van der Waals surface area contributed by atoms with Gasteiger partial charge in [-0.25, -0.2) is 8.42 Å². The lowest BCUT2D eigenvalue weighted by Crippen LogP contribution is -2.39. The van der Waals surface area contributed by atoms with Crippen molar-refractivity contribution >= 4 is 33.2 Å². The number of rotatable bonds is 4. The van der Waals surface area contributed by atoms with E-state index in [9.17, 15) is 13.2 Å². The third kappa shape index (κ3) is 3.66. The van der Waals surface area contributed by atoms with E-state index in [1.807, 2.05) is 0 Å². The van der Waals surface area contributed by atoms with Gasteiger partial charge in [0.1, 0.15) is 4.90 Å². The highest BCUT2D eigenvalue weighted by molar-refractivity contribution is 7.89. The summed E-state index contributed by atoms with van der Waals surface area (Å²) in [6, 6.07) is 4.40. The van der Waals surface area contributed by atoms with Crippen molar-refractivity contribution in [2.75, 3.05) is 18.8 Å². The molecular weight excluding hydrogens is 314 g/mol. The fourth-order valence-electron chi connectivity index (χ4n) is 2.49. The number of halogens is 1. The Morgan fingerprint density at radius 3 is 2.52 bits per heavy atom. The number of amides is 1. The minimum atomic E-state index is -3.66. The first-order valence-electron chi connectivity index (χ1n) is 6.64. The van der Waals surface area contributed by atoms with E-state index < -0.39 is 10.0 Å². The Morgan fingerprint density at radius 2 is 1.95 bits per heavy atom. The second kappa shape index (κ2) is 6.21. The van der Waals surface area contributed by atoms with E-state index in [-0.39, 0.29) is 21.7 Å². The summed E-state index contributed by atoms with van der Waals surface area (Å²) in [5, 5.41) is 0.156. The Morgan fingerprint density at radius 1 is 1.33 bits per heavy atom. The van der Waals surface area contributed by atoms with Crippen molar-refractivity contribution in [1.29, 1.82) is 0 Å². The number of hydrogen-bond acceptors (Lipinski definition) is 4. The number of nitrogens with two attached hydrogens (primary N) is 2. The third-order valence-electron chi connectivity index (χ3n) is 3.64. The van der Waals surface area contributed by atoms with E-state index in [2.05, 4.69) is 0 Å². The van der Waals surface area contributed by atoms with E-state index in [0.717, 1.165) is 0 Å². The largest absolute Gasteiger partial charge is 0.399 e. The number of carbonyl (C=O) groups is 1. The van der Waals surface area contributed by atoms with E-state index in [0.29, 0.717) is 38.0 Å². The van der Waals surface area contributed by atoms with Crippen LogP contribution in [0.3, 0.4) is 0 Å². The molecule has 21 heavy (non-hydrogen) atoms. The van der Waals surface area contributed by atoms with Crippen molar-refractivity contribution in [2.24, 2.45) is 11.7 Å². The van der Waals surface area contributed by atoms with Gasteiger partial charge in [0, 0.05) is 25.2 Å². The molecule has 4 N–H and O–H groups in total. The molecule has 8 heteroatoms. The van der Waals surface area contributed by atoms with Crippen LogP contribution in [0.4, 0.5) is 5.69 Å². The molecule has 0 unspecified atom stereocenters. The fourth-order valence-corrected chi connectivity index (χ4v) is 4.47. The molecule has 116 valence electrons. The number of nitrogen functional groups attached to an aromatic ring is 1. The molecule has 2 rings (SSSR count). The van der Waals surface area contributed by atoms with E-state index in [4.69, 9.17) is 23.1 Å². The Bertz CT molecular complexity index is 640. The fraction of sp³-hybridized carbons (Fsp3) is 0.462. The van der Waals surface area contributed by atoms with Crippen molar-refractivity contribution in [1.82, 2.24) is 4.31 Å². The standard InChI is InChI=1S/C13H18ClN3O3S/c14-11-2-1-10(15)8-12(11)21(19,20)17-5-3-9(4-6-17)7-13(16)18/h1-2,8-9H,3-7,15H2,(H2,16,18). The molecule has 1 aromatic carbocycles. The van der Waals surface area contributed by atoms with Crippen molar-refractivity contribution < 1.29 is 13.2 Å². The first-order chi connectivity index (χ1) is 9.80. The van der Waals surface area contributed by atoms with Gasteiger partial charge < -0.3 is 11.5 Å². The van der Waals surface area contributed by atoms with Gasteiger partial charge >= 0.3 is 0 Å². The van der Waals surface area contributed by atoms with Gasteiger partial charge in [0.25, 0.3) is 0 Å². The Hall–Kier alpha value is -1.31. The summed E-state index contributed by atoms with van der Waals surface area (Å²) in [6.07, 6.45) is 1.52. The van der Waals surface area contributed by atoms with Gasteiger partial charge in [-0.1, -0.05) is 11.6 Å². The van der Waals surface area contributed by atoms with Crippen LogP contribution >= 0.6 is 11.6 Å². The van der Waals surface area contributed by atoms with Crippen LogP contribution in [0.1, 0.15) is 19.3 Å². The lowest BCUT2D eigenvalue weighted by atomic mass is 9.94. The maximum Gasteiger partial charge on any atom is 0.244 e. The first kappa shape index (κ1) is 16.1. The zero-order valence-electron chi connectivity index (χ0n) is 11.5. The van der Waals surface area contributed by atoms with Crippen LogP contribution in [0.15, 0.2) is 23.1 Å². The molecule has 0 spiro atoms. The number of carbonyl (C=O) groups excluding carboxylic acids is 1. The molecule has 1 aromatic rings. The first-order valence-corrected chi connectivity index (χ1v) is 8.46. The number of primary amides is 1. The molecule has 0 aromatic heterocycles. The smallest absolute Gasteiger partial charge is 0.244 e. The second-order valence-corrected chi connectivity index (χ2v) is 7.52. The monoisotopic (exact) mass is 331 g/mol. The highest BCUT2D eigenvalue weighted by Gasteiger charge is 2.31. The molecule has 1 amide bonds. The van der Waals surface area contributed by atoms with Crippen LogP contribution in [-0.2, 0) is 14.8 Å². The summed E-state index contributed by atoms with van der Waals surface area (Å²) in [4.78, 5) is 10.9. The summed E-state index contributed by atoms with van der Waals surface area (Å²) < 4.78 is 26.5. The summed E-state index contributed by atoms with van der Waals surface area (Å²) in [5.41, 5.74) is 11.2. The average molecular weight is 332 g/mol. The van der Waals surface area contributed by atoms with Crippen molar-refractivity contribution in [3.8, 4) is 0 Å². The van der Waals surface area contributed by atoms with Crippen molar-refractivity contribution in [2.45, 2.75) is 24.2 Å². The lowest BCUT2D eigenvalue weighted by molar-refractivity contribution is -0.119. The quantitative estimate of drug-likeness (QED) is 0.808. The maximum atomic E-state index is 12.6. The molecule has 0 aliphatic carbocycles. The predicted octanol–water partition coefficient (Wildman–Crippen LogP) is 1.20. The number of anilines is 1. The number of hydrogen-bond donors (Lipinski definition) is 2. The van der Waals surface area contributed by atoms with Crippen molar-refractivity contribution in [3.63, 3.8) is 0 Å². The highest BCUT2D eigenvalue weighted by Crippen LogP contribution is 2.30. The number of piperidine rings is 1. The van der Waals surface area contributed by atoms with Crippen LogP contribution in [0.5, 0.6) is 0 Å². The highest BCUT2D eigenvalue weighted by atomic mass is 35.5. The lowest BCUT2D eigenvalue weighted by Gasteiger charge is -2.30. The Balaban J connectivity index is 2.15. The molecule has 6 nitrogen and oxygen atoms in total. The van der Waals surface area contributed by atoms with Crippen LogP contribution < -0.4 is 11.5 Å². The maximum absolute atomic E-state index is 12.6. The molecule has 1 aliphatic rings. The van der Waals surface area contributed by atoms with Gasteiger partial charge in [-0.05, 0) is 37.0 Å². The summed E-state index contributed by atoms with van der Waals surface area (Å²) in [6.45, 7) is 0.705. The summed E-state index contributed by atoms with van der Waals surface area (Å²) in [5.74, 6) is -0.208. The average Bonchev–Trinajstić information content (AvgIpc) is 2.41. The molecule has 1 aliphatic heterocycles. The molecule has 0 radical (unpaired) electrons. The van der Waals surface area contributed by atoms with Gasteiger partial charge in [-0.3, -0.25) is 4.79 Å². The summed E-state index contributed by atoms with van der Waals surface area (Å²) in [7, 11) is -3.66. The molecule has 0 bridgehead atoms. The van der Waals surface area contributed by atoms with E-state index in [1.165, 1.54) is 16.4 Å². The van der Waals surface area contributed by atoms with Gasteiger partial charge in [0.2, 0.25) is 15.9 Å². The second-order valence-electron chi connectivity index (χ2n) is 5.21. The van der Waals surface area contributed by atoms with Gasteiger partial charge in [-0.15, -0.1) is 0 Å². The molecule has 1 saturated heterocycles. The predicted molar refractivity (Wildman–Crippen MR) is 81.2 cm³/mol. The van der Waals surface area contributed by atoms with Gasteiger partial charge in [0.15, 0.2) is 0 Å².